The molecule has 6 heteroatoms. The quantitative estimate of drug-likeness (QED) is 0.574. The summed E-state index contributed by atoms with van der Waals surface area (Å²) in [6, 6.07) is 0. The number of hydrogen-bond donors (Lipinski definition) is 1. The molecule has 0 fully saturated rings. The van der Waals surface area contributed by atoms with Gasteiger partial charge in [-0.1, -0.05) is 37.6 Å². The van der Waals surface area contributed by atoms with E-state index in [0.29, 0.717) is 24.0 Å². The van der Waals surface area contributed by atoms with Gasteiger partial charge in [0.15, 0.2) is 12.4 Å². The van der Waals surface area contributed by atoms with Gasteiger partial charge in [0.25, 0.3) is 0 Å². The molecule has 0 radical (unpaired) electrons. The summed E-state index contributed by atoms with van der Waals surface area (Å²) in [5, 5.41) is 9.37. The fourth-order valence-electron chi connectivity index (χ4n) is 4.01. The topological polar surface area (TPSA) is 72.8 Å². The van der Waals surface area contributed by atoms with Crippen LogP contribution >= 0.6 is 11.6 Å². The first-order valence-corrected chi connectivity index (χ1v) is 10.9. The fraction of sp³-hybridized carbons (Fsp3) is 0.500. The number of aliphatic carboxylic acids is 1. The fourth-order valence-corrected chi connectivity index (χ4v) is 4.22. The Balaban J connectivity index is 1.48. The van der Waals surface area contributed by atoms with Crippen LogP contribution in [0.5, 0.6) is 0 Å². The normalized spacial score (nSPS) is 28.6. The van der Waals surface area contributed by atoms with Crippen molar-refractivity contribution in [3.63, 3.8) is 0 Å². The van der Waals surface area contributed by atoms with Gasteiger partial charge in [-0.2, -0.15) is 0 Å². The Morgan fingerprint density at radius 3 is 2.67 bits per heavy atom. The lowest BCUT2D eigenvalue weighted by atomic mass is 9.83. The monoisotopic (exact) mass is 432 g/mol. The molecular formula is C24H29ClO5. The third-order valence-corrected chi connectivity index (χ3v) is 6.24. The summed E-state index contributed by atoms with van der Waals surface area (Å²) in [6.45, 7) is 4.44. The number of carboxylic acid groups (broad SMARTS) is 1. The summed E-state index contributed by atoms with van der Waals surface area (Å²) < 4.78 is 11.3. The van der Waals surface area contributed by atoms with Crippen molar-refractivity contribution >= 4 is 23.4 Å². The molecule has 3 aliphatic rings. The van der Waals surface area contributed by atoms with Crippen molar-refractivity contribution < 1.29 is 24.2 Å². The van der Waals surface area contributed by atoms with Gasteiger partial charge < -0.3 is 14.6 Å². The number of ether oxygens (including phenoxy) is 2. The Bertz CT molecular complexity index is 833. The molecule has 162 valence electrons. The maximum Gasteiger partial charge on any atom is 0.341 e. The van der Waals surface area contributed by atoms with Crippen LogP contribution in [0.2, 0.25) is 0 Å². The molecule has 3 rings (SSSR count). The second kappa shape index (κ2) is 10.2. The van der Waals surface area contributed by atoms with Crippen molar-refractivity contribution in [2.75, 3.05) is 13.2 Å². The summed E-state index contributed by atoms with van der Waals surface area (Å²) in [6.07, 6.45) is 14.6. The second-order valence-corrected chi connectivity index (χ2v) is 8.72. The lowest BCUT2D eigenvalue weighted by Gasteiger charge is -2.28. The van der Waals surface area contributed by atoms with Gasteiger partial charge >= 0.3 is 5.97 Å². The first-order valence-electron chi connectivity index (χ1n) is 10.5. The van der Waals surface area contributed by atoms with E-state index in [-0.39, 0.29) is 30.1 Å². The predicted molar refractivity (Wildman–Crippen MR) is 116 cm³/mol. The van der Waals surface area contributed by atoms with E-state index in [4.69, 9.17) is 26.2 Å². The molecule has 1 N–H and O–H groups in total. The molecule has 3 unspecified atom stereocenters. The smallest absolute Gasteiger partial charge is 0.341 e. The third-order valence-electron chi connectivity index (χ3n) is 5.98. The Morgan fingerprint density at radius 1 is 1.20 bits per heavy atom. The van der Waals surface area contributed by atoms with E-state index in [0.717, 1.165) is 36.4 Å². The highest BCUT2D eigenvalue weighted by atomic mass is 35.5. The summed E-state index contributed by atoms with van der Waals surface area (Å²) in [7, 11) is 0. The first-order chi connectivity index (χ1) is 14.3. The van der Waals surface area contributed by atoms with E-state index < -0.39 is 5.97 Å². The summed E-state index contributed by atoms with van der Waals surface area (Å²) >= 11 is 6.09. The lowest BCUT2D eigenvalue weighted by molar-refractivity contribution is -0.141. The molecule has 0 bridgehead atoms. The minimum Gasteiger partial charge on any atom is -0.494 e. The second-order valence-electron chi connectivity index (χ2n) is 8.28. The minimum atomic E-state index is -0.962. The highest BCUT2D eigenvalue weighted by Gasteiger charge is 2.27. The molecule has 0 aromatic heterocycles. The van der Waals surface area contributed by atoms with Crippen molar-refractivity contribution in [1.29, 1.82) is 0 Å². The van der Waals surface area contributed by atoms with Crippen LogP contribution in [0.15, 0.2) is 58.6 Å². The number of ketones is 1. The summed E-state index contributed by atoms with van der Waals surface area (Å²) in [5.74, 6) is 1.35. The number of carbonyl (C=O) groups is 2. The highest BCUT2D eigenvalue weighted by molar-refractivity contribution is 6.31. The number of carboxylic acids is 1. The first kappa shape index (κ1) is 22.4. The molecule has 0 saturated heterocycles. The van der Waals surface area contributed by atoms with Crippen LogP contribution in [-0.2, 0) is 19.1 Å². The third kappa shape index (κ3) is 5.88. The molecule has 30 heavy (non-hydrogen) atoms. The Kier molecular flexibility index (Phi) is 7.59. The van der Waals surface area contributed by atoms with E-state index in [9.17, 15) is 9.59 Å². The van der Waals surface area contributed by atoms with Crippen molar-refractivity contribution in [2.24, 2.45) is 23.7 Å². The predicted octanol–water partition coefficient (Wildman–Crippen LogP) is 5.15. The Hall–Kier alpha value is -2.27. The molecule has 0 aromatic rings. The van der Waals surface area contributed by atoms with Crippen LogP contribution in [0.25, 0.3) is 0 Å². The van der Waals surface area contributed by atoms with Crippen LogP contribution in [0.1, 0.15) is 39.5 Å². The van der Waals surface area contributed by atoms with E-state index in [1.54, 1.807) is 6.08 Å². The SMILES string of the molecule is CC1CC=C(Cl)C=C1C(=O)C1C=CC(OCC2CCC(OCC(=O)O)=C[C@@H]2C)=CC1. The molecule has 0 heterocycles. The van der Waals surface area contributed by atoms with Gasteiger partial charge in [-0.3, -0.25) is 4.79 Å². The molecule has 0 spiro atoms. The maximum absolute atomic E-state index is 12.9. The molecule has 0 saturated carbocycles. The van der Waals surface area contributed by atoms with Crippen molar-refractivity contribution in [2.45, 2.75) is 39.5 Å². The molecule has 3 aliphatic carbocycles. The largest absolute Gasteiger partial charge is 0.494 e. The van der Waals surface area contributed by atoms with Gasteiger partial charge in [0.2, 0.25) is 0 Å². The van der Waals surface area contributed by atoms with Crippen molar-refractivity contribution in [3.05, 3.63) is 58.6 Å². The zero-order valence-electron chi connectivity index (χ0n) is 17.5. The average molecular weight is 433 g/mol. The number of hydrogen-bond acceptors (Lipinski definition) is 4. The van der Waals surface area contributed by atoms with E-state index >= 15 is 0 Å². The van der Waals surface area contributed by atoms with Crippen LogP contribution in [0.3, 0.4) is 0 Å². The van der Waals surface area contributed by atoms with Crippen LogP contribution < -0.4 is 0 Å². The van der Waals surface area contributed by atoms with E-state index in [2.05, 4.69) is 13.8 Å². The number of carbonyl (C=O) groups excluding carboxylic acids is 1. The highest BCUT2D eigenvalue weighted by Crippen LogP contribution is 2.32. The van der Waals surface area contributed by atoms with Gasteiger partial charge in [0.1, 0.15) is 5.76 Å². The van der Waals surface area contributed by atoms with Crippen LogP contribution in [0, 0.1) is 23.7 Å². The zero-order chi connectivity index (χ0) is 21.7. The number of Topliss-reactive ketones (excluding diaryl/α,β-unsaturated/α-hetero) is 1. The molecule has 0 aliphatic heterocycles. The minimum absolute atomic E-state index is 0.139. The van der Waals surface area contributed by atoms with Gasteiger partial charge in [0.05, 0.1) is 12.4 Å². The number of halogens is 1. The standard InChI is InChI=1S/C24H29ClO5/c1-15-3-7-19(25)12-22(15)24(28)17-4-8-20(9-5-17)29-13-18-6-10-21(11-16(18)2)30-14-23(26)27/h4,7-9,11-12,15-18H,3,5-6,10,13-14H2,1-2H3,(H,26,27)/t15?,16-,17?,18?/m0/s1. The molecule has 5 nitrogen and oxygen atoms in total. The zero-order valence-corrected chi connectivity index (χ0v) is 18.2. The maximum atomic E-state index is 12.9. The summed E-state index contributed by atoms with van der Waals surface area (Å²) in [4.78, 5) is 23.5. The van der Waals surface area contributed by atoms with Crippen LogP contribution in [0.4, 0.5) is 0 Å². The lowest BCUT2D eigenvalue weighted by Crippen LogP contribution is -2.23. The van der Waals surface area contributed by atoms with E-state index in [1.807, 2.05) is 30.4 Å². The summed E-state index contributed by atoms with van der Waals surface area (Å²) in [5.41, 5.74) is 0.804. The average Bonchev–Trinajstić information content (AvgIpc) is 2.73. The molecular weight excluding hydrogens is 404 g/mol. The molecule has 4 atom stereocenters. The van der Waals surface area contributed by atoms with Crippen molar-refractivity contribution in [3.8, 4) is 0 Å². The van der Waals surface area contributed by atoms with Gasteiger partial charge in [0, 0.05) is 22.9 Å². The molecule has 0 amide bonds. The number of rotatable bonds is 8. The van der Waals surface area contributed by atoms with Gasteiger partial charge in [-0.05, 0) is 61.3 Å². The van der Waals surface area contributed by atoms with Crippen molar-refractivity contribution in [1.82, 2.24) is 0 Å². The van der Waals surface area contributed by atoms with Crippen LogP contribution in [-0.4, -0.2) is 30.1 Å². The van der Waals surface area contributed by atoms with E-state index in [1.165, 1.54) is 0 Å². The number of allylic oxidation sites excluding steroid dienone is 9. The Morgan fingerprint density at radius 2 is 2.00 bits per heavy atom. The van der Waals surface area contributed by atoms with Gasteiger partial charge in [-0.25, -0.2) is 4.79 Å². The molecule has 0 aromatic carbocycles. The Labute approximate surface area is 182 Å². The van der Waals surface area contributed by atoms with Gasteiger partial charge in [-0.15, -0.1) is 0 Å².